The number of methoxy groups -OCH3 is 2. The van der Waals surface area contributed by atoms with Gasteiger partial charge >= 0.3 is 0 Å². The molecule has 9 nitrogen and oxygen atoms in total. The molecule has 1 aliphatic heterocycles. The van der Waals surface area contributed by atoms with Crippen molar-refractivity contribution >= 4 is 34.7 Å². The van der Waals surface area contributed by atoms with E-state index in [1.807, 2.05) is 18.2 Å². The summed E-state index contributed by atoms with van der Waals surface area (Å²) in [5.41, 5.74) is 4.89. The molecule has 3 N–H and O–H groups in total. The highest BCUT2D eigenvalue weighted by atomic mass is 16.5. The minimum absolute atomic E-state index is 0.278. The molecule has 2 heterocycles. The number of hydrogen-bond acceptors (Lipinski definition) is 8. The van der Waals surface area contributed by atoms with Gasteiger partial charge in [0.05, 0.1) is 19.9 Å². The lowest BCUT2D eigenvalue weighted by Crippen LogP contribution is -2.21. The second-order valence-corrected chi connectivity index (χ2v) is 7.82. The first-order valence-electron chi connectivity index (χ1n) is 10.9. The van der Waals surface area contributed by atoms with Crippen molar-refractivity contribution in [3.63, 3.8) is 0 Å². The molecule has 0 saturated heterocycles. The number of aromatic nitrogens is 2. The van der Waals surface area contributed by atoms with E-state index < -0.39 is 0 Å². The Kier molecular flexibility index (Phi) is 7.36. The van der Waals surface area contributed by atoms with Gasteiger partial charge in [-0.25, -0.2) is 4.98 Å². The van der Waals surface area contributed by atoms with Gasteiger partial charge in [0, 0.05) is 43.8 Å². The van der Waals surface area contributed by atoms with Crippen molar-refractivity contribution in [1.82, 2.24) is 14.9 Å². The Balaban J connectivity index is 1.49. The Labute approximate surface area is 198 Å². The average Bonchev–Trinajstić information content (AvgIpc) is 3.25. The van der Waals surface area contributed by atoms with E-state index in [9.17, 15) is 4.79 Å². The number of ether oxygens (including phenoxy) is 2. The van der Waals surface area contributed by atoms with E-state index in [0.717, 1.165) is 37.6 Å². The number of hydrogen-bond donors (Lipinski definition) is 3. The van der Waals surface area contributed by atoms with Crippen LogP contribution in [0.5, 0.6) is 5.75 Å². The predicted molar refractivity (Wildman–Crippen MR) is 133 cm³/mol. The second-order valence-electron chi connectivity index (χ2n) is 7.82. The molecule has 0 unspecified atom stereocenters. The van der Waals surface area contributed by atoms with Crippen molar-refractivity contribution in [1.29, 1.82) is 0 Å². The predicted octanol–water partition coefficient (Wildman–Crippen LogP) is 4.06. The first-order valence-corrected chi connectivity index (χ1v) is 10.9. The Morgan fingerprint density at radius 2 is 1.88 bits per heavy atom. The van der Waals surface area contributed by atoms with Crippen LogP contribution in [-0.4, -0.2) is 48.1 Å². The lowest BCUT2D eigenvalue weighted by molar-refractivity contribution is -0.111. The van der Waals surface area contributed by atoms with Gasteiger partial charge in [0.2, 0.25) is 11.9 Å². The lowest BCUT2D eigenvalue weighted by Gasteiger charge is -2.13. The van der Waals surface area contributed by atoms with Crippen LogP contribution < -0.4 is 20.7 Å². The summed E-state index contributed by atoms with van der Waals surface area (Å²) in [5, 5.41) is 9.26. The van der Waals surface area contributed by atoms with Gasteiger partial charge in [0.15, 0.2) is 11.6 Å². The third-order valence-electron chi connectivity index (χ3n) is 5.42. The maximum Gasteiger partial charge on any atom is 0.247 e. The third-order valence-corrected chi connectivity index (χ3v) is 5.42. The van der Waals surface area contributed by atoms with Crippen LogP contribution in [0.3, 0.4) is 0 Å². The molecule has 0 atom stereocenters. The molecule has 0 aliphatic carbocycles. The highest BCUT2D eigenvalue weighted by Crippen LogP contribution is 2.30. The van der Waals surface area contributed by atoms with Crippen molar-refractivity contribution < 1.29 is 14.3 Å². The van der Waals surface area contributed by atoms with Crippen molar-refractivity contribution in [2.24, 2.45) is 0 Å². The van der Waals surface area contributed by atoms with E-state index in [4.69, 9.17) is 9.47 Å². The van der Waals surface area contributed by atoms with E-state index in [2.05, 4.69) is 49.5 Å². The van der Waals surface area contributed by atoms with Gasteiger partial charge in [-0.2, -0.15) is 4.98 Å². The van der Waals surface area contributed by atoms with Gasteiger partial charge in [0.1, 0.15) is 0 Å². The van der Waals surface area contributed by atoms with Crippen molar-refractivity contribution in [3.8, 4) is 5.75 Å². The van der Waals surface area contributed by atoms with Gasteiger partial charge in [-0.05, 0) is 47.5 Å². The van der Waals surface area contributed by atoms with Crippen molar-refractivity contribution in [2.45, 2.75) is 13.1 Å². The summed E-state index contributed by atoms with van der Waals surface area (Å²) in [6.07, 6.45) is 2.84. The molecule has 0 fully saturated rings. The second kappa shape index (κ2) is 10.8. The van der Waals surface area contributed by atoms with Gasteiger partial charge in [-0.15, -0.1) is 0 Å². The minimum atomic E-state index is -0.278. The molecular weight excluding hydrogens is 432 g/mol. The van der Waals surface area contributed by atoms with Gasteiger partial charge in [0.25, 0.3) is 0 Å². The van der Waals surface area contributed by atoms with Crippen LogP contribution in [-0.2, 0) is 22.6 Å². The standard InChI is InChI=1S/C25H28N6O3/c1-4-23(32)27-19-6-5-7-20(13-19)28-24-22(34-3)14-26-25(30-24)29-21-9-8-17-15-31(10-11-33-2)16-18(17)12-21/h4-9,12-14H,1,10-11,15-16H2,2-3H3,(H,27,32)(H2,26,28,29,30). The number of amides is 1. The molecule has 0 bridgehead atoms. The number of benzene rings is 2. The summed E-state index contributed by atoms with van der Waals surface area (Å²) in [5.74, 6) is 1.15. The van der Waals surface area contributed by atoms with Crippen LogP contribution in [0.4, 0.5) is 28.8 Å². The maximum absolute atomic E-state index is 11.6. The Hall–Kier alpha value is -3.95. The number of nitrogens with one attached hydrogen (secondary N) is 3. The number of nitrogens with zero attached hydrogens (tertiary/aromatic N) is 3. The largest absolute Gasteiger partial charge is 0.491 e. The summed E-state index contributed by atoms with van der Waals surface area (Å²) in [4.78, 5) is 22.9. The Morgan fingerprint density at radius 1 is 1.09 bits per heavy atom. The van der Waals surface area contributed by atoms with Crippen LogP contribution in [0.2, 0.25) is 0 Å². The van der Waals surface area contributed by atoms with Gasteiger partial charge in [-0.1, -0.05) is 18.7 Å². The molecule has 0 spiro atoms. The number of anilines is 5. The zero-order valence-corrected chi connectivity index (χ0v) is 19.3. The number of rotatable bonds is 10. The molecule has 2 aromatic carbocycles. The highest BCUT2D eigenvalue weighted by Gasteiger charge is 2.19. The molecule has 4 rings (SSSR count). The van der Waals surface area contributed by atoms with Crippen LogP contribution in [0, 0.1) is 0 Å². The van der Waals surface area contributed by atoms with Crippen molar-refractivity contribution in [3.05, 3.63) is 72.4 Å². The molecule has 0 saturated carbocycles. The molecular formula is C25H28N6O3. The molecule has 0 radical (unpaired) electrons. The van der Waals surface area contributed by atoms with Gasteiger partial charge < -0.3 is 25.4 Å². The highest BCUT2D eigenvalue weighted by molar-refractivity contribution is 5.99. The molecule has 1 aliphatic rings. The molecule has 34 heavy (non-hydrogen) atoms. The van der Waals surface area contributed by atoms with Gasteiger partial charge in [-0.3, -0.25) is 9.69 Å². The first kappa shape index (κ1) is 23.2. The topological polar surface area (TPSA) is 101 Å². The van der Waals surface area contributed by atoms with Crippen LogP contribution >= 0.6 is 0 Å². The summed E-state index contributed by atoms with van der Waals surface area (Å²) in [6, 6.07) is 13.6. The number of carbonyl (C=O) groups excluding carboxylic acids is 1. The fraction of sp³-hybridized carbons (Fsp3) is 0.240. The summed E-state index contributed by atoms with van der Waals surface area (Å²) < 4.78 is 10.6. The van der Waals surface area contributed by atoms with Crippen LogP contribution in [0.25, 0.3) is 0 Å². The van der Waals surface area contributed by atoms with Crippen LogP contribution in [0.1, 0.15) is 11.1 Å². The maximum atomic E-state index is 11.6. The summed E-state index contributed by atoms with van der Waals surface area (Å²) in [6.45, 7) is 6.92. The van der Waals surface area contributed by atoms with E-state index >= 15 is 0 Å². The molecule has 9 heteroatoms. The number of fused-ring (bicyclic) bond motifs is 1. The average molecular weight is 461 g/mol. The molecule has 3 aromatic rings. The molecule has 1 aromatic heterocycles. The van der Waals surface area contributed by atoms with E-state index in [1.165, 1.54) is 17.2 Å². The third kappa shape index (κ3) is 5.69. The normalized spacial score (nSPS) is 12.6. The monoisotopic (exact) mass is 460 g/mol. The van der Waals surface area contributed by atoms with E-state index in [1.54, 1.807) is 32.5 Å². The zero-order chi connectivity index (χ0) is 23.9. The minimum Gasteiger partial charge on any atom is -0.491 e. The summed E-state index contributed by atoms with van der Waals surface area (Å²) >= 11 is 0. The van der Waals surface area contributed by atoms with E-state index in [-0.39, 0.29) is 5.91 Å². The molecule has 176 valence electrons. The molecule has 1 amide bonds. The van der Waals surface area contributed by atoms with Crippen LogP contribution in [0.15, 0.2) is 61.3 Å². The smallest absolute Gasteiger partial charge is 0.247 e. The lowest BCUT2D eigenvalue weighted by atomic mass is 10.1. The van der Waals surface area contributed by atoms with Crippen molar-refractivity contribution in [2.75, 3.05) is 43.3 Å². The quantitative estimate of drug-likeness (QED) is 0.390. The van der Waals surface area contributed by atoms with E-state index in [0.29, 0.717) is 23.2 Å². The Morgan fingerprint density at radius 3 is 2.68 bits per heavy atom. The fourth-order valence-corrected chi connectivity index (χ4v) is 3.73. The first-order chi connectivity index (χ1) is 16.6. The Bertz CT molecular complexity index is 1180. The fourth-order valence-electron chi connectivity index (χ4n) is 3.73. The summed E-state index contributed by atoms with van der Waals surface area (Å²) in [7, 11) is 3.29. The SMILES string of the molecule is C=CC(=O)Nc1cccc(Nc2nc(Nc3ccc4c(c3)CN(CCOC)C4)ncc2OC)c1. The zero-order valence-electron chi connectivity index (χ0n) is 19.3. The number of carbonyl (C=O) groups is 1.